The molecular formula is C18H20N2O2. The molecule has 2 aromatic rings. The Balaban J connectivity index is 1.57. The minimum Gasteiger partial charge on any atom is -0.465 e. The molecule has 1 amide bonds. The monoisotopic (exact) mass is 296 g/mol. The molecule has 1 fully saturated rings. The Morgan fingerprint density at radius 1 is 1.09 bits per heavy atom. The van der Waals surface area contributed by atoms with E-state index >= 15 is 0 Å². The Labute approximate surface area is 130 Å². The molecule has 0 aliphatic carbocycles. The van der Waals surface area contributed by atoms with Crippen molar-refractivity contribution in [1.29, 1.82) is 0 Å². The summed E-state index contributed by atoms with van der Waals surface area (Å²) < 4.78 is 5.19. The first-order chi connectivity index (χ1) is 10.7. The summed E-state index contributed by atoms with van der Waals surface area (Å²) in [5.41, 5.74) is 2.54. The van der Waals surface area contributed by atoms with Gasteiger partial charge < -0.3 is 14.2 Å². The molecule has 4 nitrogen and oxygen atoms in total. The number of carbonyl (C=O) groups excluding carboxylic acids is 1. The van der Waals surface area contributed by atoms with E-state index in [-0.39, 0.29) is 5.91 Å². The van der Waals surface area contributed by atoms with Gasteiger partial charge in [0.2, 0.25) is 5.91 Å². The van der Waals surface area contributed by atoms with Crippen LogP contribution in [-0.2, 0) is 4.79 Å². The van der Waals surface area contributed by atoms with Crippen LogP contribution in [0, 0.1) is 6.92 Å². The smallest absolute Gasteiger partial charge is 0.246 e. The summed E-state index contributed by atoms with van der Waals surface area (Å²) in [6.07, 6.45) is 4.91. The van der Waals surface area contributed by atoms with E-state index in [4.69, 9.17) is 4.42 Å². The lowest BCUT2D eigenvalue weighted by Gasteiger charge is -2.36. The number of hydrogen-bond donors (Lipinski definition) is 0. The lowest BCUT2D eigenvalue weighted by Crippen LogP contribution is -2.48. The van der Waals surface area contributed by atoms with Gasteiger partial charge in [0.25, 0.3) is 0 Å². The van der Waals surface area contributed by atoms with Crippen molar-refractivity contribution >= 4 is 17.7 Å². The Morgan fingerprint density at radius 3 is 2.55 bits per heavy atom. The van der Waals surface area contributed by atoms with E-state index in [9.17, 15) is 4.79 Å². The maximum atomic E-state index is 12.2. The van der Waals surface area contributed by atoms with Gasteiger partial charge in [0, 0.05) is 37.9 Å². The third-order valence-corrected chi connectivity index (χ3v) is 3.98. The van der Waals surface area contributed by atoms with Crippen LogP contribution in [0.2, 0.25) is 0 Å². The maximum absolute atomic E-state index is 12.2. The van der Waals surface area contributed by atoms with Gasteiger partial charge in [-0.3, -0.25) is 4.79 Å². The Kier molecular flexibility index (Phi) is 4.28. The second-order valence-electron chi connectivity index (χ2n) is 5.45. The number of piperazine rings is 1. The molecule has 2 heterocycles. The summed E-state index contributed by atoms with van der Waals surface area (Å²) in [7, 11) is 0. The van der Waals surface area contributed by atoms with Gasteiger partial charge in [-0.15, -0.1) is 0 Å². The average molecular weight is 296 g/mol. The molecule has 1 aromatic carbocycles. The van der Waals surface area contributed by atoms with Crippen LogP contribution >= 0.6 is 0 Å². The van der Waals surface area contributed by atoms with Gasteiger partial charge in [-0.25, -0.2) is 0 Å². The fraction of sp³-hybridized carbons (Fsp3) is 0.278. The quantitative estimate of drug-likeness (QED) is 0.817. The molecule has 3 rings (SSSR count). The third kappa shape index (κ3) is 3.22. The van der Waals surface area contributed by atoms with Crippen LogP contribution < -0.4 is 4.90 Å². The van der Waals surface area contributed by atoms with Crippen molar-refractivity contribution in [3.05, 3.63) is 60.1 Å². The molecule has 114 valence electrons. The molecule has 0 unspecified atom stereocenters. The van der Waals surface area contributed by atoms with E-state index in [0.29, 0.717) is 5.76 Å². The fourth-order valence-electron chi connectivity index (χ4n) is 2.73. The number of hydrogen-bond acceptors (Lipinski definition) is 3. The highest BCUT2D eigenvalue weighted by Crippen LogP contribution is 2.20. The first-order valence-electron chi connectivity index (χ1n) is 7.55. The van der Waals surface area contributed by atoms with E-state index in [2.05, 4.69) is 36.1 Å². The average Bonchev–Trinajstić information content (AvgIpc) is 3.07. The number of nitrogens with zero attached hydrogens (tertiary/aromatic N) is 2. The van der Waals surface area contributed by atoms with Crippen LogP contribution in [0.5, 0.6) is 0 Å². The minimum absolute atomic E-state index is 0.0424. The van der Waals surface area contributed by atoms with Crippen LogP contribution in [0.25, 0.3) is 6.08 Å². The van der Waals surface area contributed by atoms with Gasteiger partial charge in [0.05, 0.1) is 6.26 Å². The van der Waals surface area contributed by atoms with Crippen molar-refractivity contribution in [1.82, 2.24) is 4.90 Å². The van der Waals surface area contributed by atoms with Crippen molar-refractivity contribution in [2.45, 2.75) is 6.92 Å². The van der Waals surface area contributed by atoms with E-state index in [1.54, 1.807) is 18.4 Å². The zero-order valence-corrected chi connectivity index (χ0v) is 12.7. The SMILES string of the molecule is Cc1ccccc1N1CCN(C(=O)/C=C/c2ccco2)CC1. The lowest BCUT2D eigenvalue weighted by molar-refractivity contribution is -0.126. The molecule has 0 spiro atoms. The molecule has 1 saturated heterocycles. The van der Waals surface area contributed by atoms with Crippen LogP contribution in [0.15, 0.2) is 53.2 Å². The highest BCUT2D eigenvalue weighted by atomic mass is 16.3. The topological polar surface area (TPSA) is 36.7 Å². The van der Waals surface area contributed by atoms with E-state index in [1.807, 2.05) is 17.0 Å². The second-order valence-corrected chi connectivity index (χ2v) is 5.45. The van der Waals surface area contributed by atoms with Gasteiger partial charge in [-0.2, -0.15) is 0 Å². The Hall–Kier alpha value is -2.49. The number of benzene rings is 1. The number of rotatable bonds is 3. The number of anilines is 1. The van der Waals surface area contributed by atoms with E-state index in [0.717, 1.165) is 26.2 Å². The summed E-state index contributed by atoms with van der Waals surface area (Å²) in [5.74, 6) is 0.743. The first kappa shape index (κ1) is 14.4. The molecule has 1 aliphatic rings. The Morgan fingerprint density at radius 2 is 1.86 bits per heavy atom. The summed E-state index contributed by atoms with van der Waals surface area (Å²) in [6, 6.07) is 12.0. The van der Waals surface area contributed by atoms with Crippen molar-refractivity contribution in [3.63, 3.8) is 0 Å². The molecule has 0 saturated carbocycles. The molecule has 4 heteroatoms. The van der Waals surface area contributed by atoms with E-state index < -0.39 is 0 Å². The molecule has 0 bridgehead atoms. The molecule has 0 atom stereocenters. The van der Waals surface area contributed by atoms with Crippen molar-refractivity contribution in [2.24, 2.45) is 0 Å². The van der Waals surface area contributed by atoms with Crippen LogP contribution in [0.1, 0.15) is 11.3 Å². The van der Waals surface area contributed by atoms with Crippen molar-refractivity contribution in [3.8, 4) is 0 Å². The number of carbonyl (C=O) groups is 1. The van der Waals surface area contributed by atoms with Gasteiger partial charge in [-0.1, -0.05) is 18.2 Å². The van der Waals surface area contributed by atoms with E-state index in [1.165, 1.54) is 11.3 Å². The van der Waals surface area contributed by atoms with Gasteiger partial charge >= 0.3 is 0 Å². The lowest BCUT2D eigenvalue weighted by atomic mass is 10.1. The third-order valence-electron chi connectivity index (χ3n) is 3.98. The van der Waals surface area contributed by atoms with Crippen molar-refractivity contribution in [2.75, 3.05) is 31.1 Å². The summed E-state index contributed by atoms with van der Waals surface area (Å²) in [5, 5.41) is 0. The van der Waals surface area contributed by atoms with Crippen LogP contribution in [0.3, 0.4) is 0 Å². The minimum atomic E-state index is 0.0424. The largest absolute Gasteiger partial charge is 0.465 e. The highest BCUT2D eigenvalue weighted by Gasteiger charge is 2.20. The number of para-hydroxylation sites is 1. The maximum Gasteiger partial charge on any atom is 0.246 e. The first-order valence-corrected chi connectivity index (χ1v) is 7.55. The van der Waals surface area contributed by atoms with Crippen LogP contribution in [0.4, 0.5) is 5.69 Å². The van der Waals surface area contributed by atoms with Gasteiger partial charge in [-0.05, 0) is 36.8 Å². The van der Waals surface area contributed by atoms with Crippen LogP contribution in [-0.4, -0.2) is 37.0 Å². The zero-order valence-electron chi connectivity index (χ0n) is 12.7. The normalized spacial score (nSPS) is 15.5. The van der Waals surface area contributed by atoms with Gasteiger partial charge in [0.1, 0.15) is 5.76 Å². The number of aryl methyl sites for hydroxylation is 1. The number of amides is 1. The van der Waals surface area contributed by atoms with Gasteiger partial charge in [0.15, 0.2) is 0 Å². The number of furan rings is 1. The summed E-state index contributed by atoms with van der Waals surface area (Å²) >= 11 is 0. The van der Waals surface area contributed by atoms with Crippen molar-refractivity contribution < 1.29 is 9.21 Å². The Bertz CT molecular complexity index is 653. The summed E-state index contributed by atoms with van der Waals surface area (Å²) in [4.78, 5) is 16.4. The second kappa shape index (κ2) is 6.52. The molecular weight excluding hydrogens is 276 g/mol. The molecule has 1 aromatic heterocycles. The molecule has 22 heavy (non-hydrogen) atoms. The fourth-order valence-corrected chi connectivity index (χ4v) is 2.73. The molecule has 0 radical (unpaired) electrons. The highest BCUT2D eigenvalue weighted by molar-refractivity contribution is 5.91. The zero-order chi connectivity index (χ0) is 15.4. The molecule has 0 N–H and O–H groups in total. The summed E-state index contributed by atoms with van der Waals surface area (Å²) in [6.45, 7) is 5.35. The predicted molar refractivity (Wildman–Crippen MR) is 87.7 cm³/mol. The molecule has 1 aliphatic heterocycles. The predicted octanol–water partition coefficient (Wildman–Crippen LogP) is 2.95. The standard InChI is InChI=1S/C18H20N2O2/c1-15-5-2-3-7-17(15)19-10-12-20(13-11-19)18(21)9-8-16-6-4-14-22-16/h2-9,14H,10-13H2,1H3/b9-8+.